The lowest BCUT2D eigenvalue weighted by atomic mass is 10.1. The number of nitrogens with zero attached hydrogens (tertiary/aromatic N) is 4. The molecule has 1 aliphatic heterocycles. The Bertz CT molecular complexity index is 1080. The number of aryl methyl sites for hydroxylation is 1. The number of hydrogen-bond acceptors (Lipinski definition) is 7. The predicted octanol–water partition coefficient (Wildman–Crippen LogP) is 4.12. The fourth-order valence-electron chi connectivity index (χ4n) is 3.65. The summed E-state index contributed by atoms with van der Waals surface area (Å²) < 4.78 is 46.0. The summed E-state index contributed by atoms with van der Waals surface area (Å²) in [6, 6.07) is 3.10. The zero-order valence-corrected chi connectivity index (χ0v) is 17.7. The molecule has 0 atom stereocenters. The van der Waals surface area contributed by atoms with E-state index in [4.69, 9.17) is 14.2 Å². The van der Waals surface area contributed by atoms with Gasteiger partial charge in [-0.1, -0.05) is 13.3 Å². The van der Waals surface area contributed by atoms with E-state index in [1.807, 2.05) is 11.0 Å². The minimum atomic E-state index is -0.892. The third-order valence-corrected chi connectivity index (χ3v) is 5.19. The van der Waals surface area contributed by atoms with Gasteiger partial charge in [-0.3, -0.25) is 4.98 Å². The number of fused-ring (bicyclic) bond motifs is 1. The van der Waals surface area contributed by atoms with E-state index in [0.717, 1.165) is 36.4 Å². The Balaban J connectivity index is 1.97. The van der Waals surface area contributed by atoms with Crippen molar-refractivity contribution in [1.29, 1.82) is 0 Å². The Kier molecular flexibility index (Phi) is 6.13. The number of anilines is 1. The highest BCUT2D eigenvalue weighted by molar-refractivity contribution is 5.91. The summed E-state index contributed by atoms with van der Waals surface area (Å²) in [5.74, 6) is -1.65. The van der Waals surface area contributed by atoms with Crippen LogP contribution >= 0.6 is 0 Å². The smallest absolute Gasteiger partial charge is 0.179 e. The van der Waals surface area contributed by atoms with Crippen molar-refractivity contribution in [3.8, 4) is 22.9 Å². The summed E-state index contributed by atoms with van der Waals surface area (Å²) in [7, 11) is 2.60. The van der Waals surface area contributed by atoms with E-state index in [1.54, 1.807) is 6.20 Å². The molecule has 4 rings (SSSR count). The van der Waals surface area contributed by atoms with Crippen LogP contribution in [-0.2, 0) is 11.2 Å². The molecule has 1 saturated heterocycles. The lowest BCUT2D eigenvalue weighted by Crippen LogP contribution is -2.34. The van der Waals surface area contributed by atoms with E-state index in [0.29, 0.717) is 31.2 Å². The molecule has 0 spiro atoms. The fourth-order valence-corrected chi connectivity index (χ4v) is 3.65. The van der Waals surface area contributed by atoms with Gasteiger partial charge in [0.2, 0.25) is 0 Å². The number of ether oxygens (including phenoxy) is 3. The molecule has 0 unspecified atom stereocenters. The minimum absolute atomic E-state index is 0.106. The third kappa shape index (κ3) is 3.97. The molecule has 1 aliphatic rings. The van der Waals surface area contributed by atoms with Crippen LogP contribution in [0.5, 0.6) is 11.5 Å². The van der Waals surface area contributed by atoms with E-state index >= 15 is 8.78 Å². The quantitative estimate of drug-likeness (QED) is 0.583. The minimum Gasteiger partial charge on any atom is -0.494 e. The summed E-state index contributed by atoms with van der Waals surface area (Å²) in [5.41, 5.74) is 0.992. The number of methoxy groups -OCH3 is 2. The second-order valence-corrected chi connectivity index (χ2v) is 7.25. The van der Waals surface area contributed by atoms with Crippen LogP contribution in [-0.4, -0.2) is 49.1 Å². The van der Waals surface area contributed by atoms with Gasteiger partial charge in [-0.2, -0.15) is 0 Å². The molecule has 1 fully saturated rings. The maximum Gasteiger partial charge on any atom is 0.179 e. The predicted molar refractivity (Wildman–Crippen MR) is 113 cm³/mol. The maximum absolute atomic E-state index is 15.1. The van der Waals surface area contributed by atoms with Crippen molar-refractivity contribution in [2.45, 2.75) is 26.2 Å². The van der Waals surface area contributed by atoms with Crippen LogP contribution in [0.25, 0.3) is 22.3 Å². The largest absolute Gasteiger partial charge is 0.494 e. The molecule has 0 aliphatic carbocycles. The second-order valence-electron chi connectivity index (χ2n) is 7.25. The molecule has 31 heavy (non-hydrogen) atoms. The summed E-state index contributed by atoms with van der Waals surface area (Å²) in [6.07, 6.45) is 4.19. The van der Waals surface area contributed by atoms with Crippen LogP contribution in [0.1, 0.15) is 25.5 Å². The third-order valence-electron chi connectivity index (χ3n) is 5.19. The van der Waals surface area contributed by atoms with Crippen LogP contribution in [0.2, 0.25) is 0 Å². The first-order valence-corrected chi connectivity index (χ1v) is 10.2. The fraction of sp³-hybridized carbons (Fsp3) is 0.409. The van der Waals surface area contributed by atoms with Gasteiger partial charge in [-0.15, -0.1) is 0 Å². The lowest BCUT2D eigenvalue weighted by molar-refractivity contribution is 0.107. The van der Waals surface area contributed by atoms with Crippen molar-refractivity contribution in [2.75, 3.05) is 39.0 Å². The van der Waals surface area contributed by atoms with Gasteiger partial charge in [0.25, 0.3) is 0 Å². The molecular weight excluding hydrogens is 406 g/mol. The first kappa shape index (κ1) is 21.2. The Morgan fingerprint density at radius 3 is 2.45 bits per heavy atom. The van der Waals surface area contributed by atoms with E-state index in [9.17, 15) is 0 Å². The normalized spacial score (nSPS) is 14.2. The van der Waals surface area contributed by atoms with Crippen molar-refractivity contribution in [3.05, 3.63) is 35.7 Å². The van der Waals surface area contributed by atoms with Crippen LogP contribution < -0.4 is 14.4 Å². The summed E-state index contributed by atoms with van der Waals surface area (Å²) >= 11 is 0. The number of benzene rings is 1. The van der Waals surface area contributed by atoms with Gasteiger partial charge in [0, 0.05) is 23.7 Å². The number of rotatable bonds is 6. The Morgan fingerprint density at radius 2 is 1.84 bits per heavy atom. The first-order chi connectivity index (χ1) is 15.1. The molecule has 0 N–H and O–H groups in total. The molecule has 0 amide bonds. The van der Waals surface area contributed by atoms with E-state index in [-0.39, 0.29) is 17.3 Å². The van der Waals surface area contributed by atoms with Gasteiger partial charge in [-0.05, 0) is 18.9 Å². The summed E-state index contributed by atoms with van der Waals surface area (Å²) in [5, 5.41) is 0.767. The van der Waals surface area contributed by atoms with Gasteiger partial charge in [-0.25, -0.2) is 18.7 Å². The zero-order valence-electron chi connectivity index (χ0n) is 17.7. The molecule has 2 aromatic heterocycles. The van der Waals surface area contributed by atoms with Gasteiger partial charge in [0.1, 0.15) is 12.5 Å². The molecule has 0 saturated carbocycles. The molecule has 9 heteroatoms. The average molecular weight is 430 g/mol. The first-order valence-electron chi connectivity index (χ1n) is 10.2. The molecule has 0 bridgehead atoms. The highest BCUT2D eigenvalue weighted by Crippen LogP contribution is 2.38. The highest BCUT2D eigenvalue weighted by atomic mass is 19.1. The lowest BCUT2D eigenvalue weighted by Gasteiger charge is -2.29. The standard InChI is InChI=1S/C22H24F2N4O3/c1-4-6-13-9-14-15(11-25-13)26-21(27-22(14)28-7-5-8-31-12-28)18-19(23)16(29-2)10-17(30-3)20(18)24/h9-11H,4-8,12H2,1-3H3. The molecule has 3 heterocycles. The van der Waals surface area contributed by atoms with Gasteiger partial charge < -0.3 is 19.1 Å². The van der Waals surface area contributed by atoms with Crippen molar-refractivity contribution >= 4 is 16.7 Å². The van der Waals surface area contributed by atoms with Gasteiger partial charge >= 0.3 is 0 Å². The average Bonchev–Trinajstić information content (AvgIpc) is 2.80. The van der Waals surface area contributed by atoms with Gasteiger partial charge in [0.15, 0.2) is 29.0 Å². The second kappa shape index (κ2) is 8.97. The highest BCUT2D eigenvalue weighted by Gasteiger charge is 2.26. The number of hydrogen-bond donors (Lipinski definition) is 0. The van der Waals surface area contributed by atoms with Crippen LogP contribution in [0.15, 0.2) is 18.3 Å². The van der Waals surface area contributed by atoms with Crippen molar-refractivity contribution < 1.29 is 23.0 Å². The summed E-state index contributed by atoms with van der Waals surface area (Å²) in [6.45, 7) is 3.78. The molecule has 164 valence electrons. The Hall–Kier alpha value is -3.07. The Morgan fingerprint density at radius 1 is 1.10 bits per heavy atom. The van der Waals surface area contributed by atoms with Crippen molar-refractivity contribution in [3.63, 3.8) is 0 Å². The molecule has 7 nitrogen and oxygen atoms in total. The molecule has 1 aromatic carbocycles. The zero-order chi connectivity index (χ0) is 22.0. The van der Waals surface area contributed by atoms with Crippen LogP contribution in [0, 0.1) is 11.6 Å². The topological polar surface area (TPSA) is 69.6 Å². The van der Waals surface area contributed by atoms with Crippen molar-refractivity contribution in [2.24, 2.45) is 0 Å². The van der Waals surface area contributed by atoms with Crippen LogP contribution in [0.4, 0.5) is 14.6 Å². The van der Waals surface area contributed by atoms with Crippen LogP contribution in [0.3, 0.4) is 0 Å². The van der Waals surface area contributed by atoms with Gasteiger partial charge in [0.05, 0.1) is 38.1 Å². The summed E-state index contributed by atoms with van der Waals surface area (Å²) in [4.78, 5) is 15.4. The molecule has 3 aromatic rings. The maximum atomic E-state index is 15.1. The Labute approximate surface area is 179 Å². The van der Waals surface area contributed by atoms with E-state index < -0.39 is 17.2 Å². The van der Waals surface area contributed by atoms with E-state index in [1.165, 1.54) is 14.2 Å². The molecular formula is C22H24F2N4O3. The number of pyridine rings is 1. The number of aromatic nitrogens is 3. The molecule has 0 radical (unpaired) electrons. The number of halogens is 2. The van der Waals surface area contributed by atoms with Crippen molar-refractivity contribution in [1.82, 2.24) is 15.0 Å². The van der Waals surface area contributed by atoms with E-state index in [2.05, 4.69) is 21.9 Å². The monoisotopic (exact) mass is 430 g/mol. The SMILES string of the molecule is CCCc1cc2c(N3CCCOC3)nc(-c3c(F)c(OC)cc(OC)c3F)nc2cn1.